The largest absolute Gasteiger partial charge is 0.373 e. The van der Waals surface area contributed by atoms with Crippen molar-refractivity contribution in [3.63, 3.8) is 0 Å². The lowest BCUT2D eigenvalue weighted by molar-refractivity contribution is 0.184. The zero-order valence-corrected chi connectivity index (χ0v) is 13.1. The smallest absolute Gasteiger partial charge is 0.0394 e. The van der Waals surface area contributed by atoms with Crippen molar-refractivity contribution >= 4 is 5.69 Å². The van der Waals surface area contributed by atoms with Crippen LogP contribution in [-0.4, -0.2) is 26.2 Å². The van der Waals surface area contributed by atoms with Gasteiger partial charge in [0.1, 0.15) is 0 Å². The van der Waals surface area contributed by atoms with E-state index in [1.807, 2.05) is 0 Å². The maximum Gasteiger partial charge on any atom is 0.0394 e. The van der Waals surface area contributed by atoms with Gasteiger partial charge in [0.05, 0.1) is 0 Å². The van der Waals surface area contributed by atoms with Crippen molar-refractivity contribution in [2.45, 2.75) is 46.6 Å². The molecule has 19 heavy (non-hydrogen) atoms. The molecule has 0 bridgehead atoms. The molecule has 1 aromatic rings. The number of hydrogen-bond acceptors (Lipinski definition) is 2. The third kappa shape index (κ3) is 3.30. The third-order valence-corrected chi connectivity index (χ3v) is 4.55. The summed E-state index contributed by atoms with van der Waals surface area (Å²) < 4.78 is 0. The normalized spacial score (nSPS) is 22.3. The van der Waals surface area contributed by atoms with Crippen LogP contribution in [0, 0.1) is 19.3 Å². The number of aryl methyl sites for hydroxylation is 2. The van der Waals surface area contributed by atoms with Gasteiger partial charge in [-0.2, -0.15) is 0 Å². The van der Waals surface area contributed by atoms with Crippen LogP contribution in [0.2, 0.25) is 0 Å². The van der Waals surface area contributed by atoms with Gasteiger partial charge >= 0.3 is 0 Å². The van der Waals surface area contributed by atoms with Gasteiger partial charge in [-0.1, -0.05) is 31.5 Å². The second-order valence-electron chi connectivity index (χ2n) is 6.77. The van der Waals surface area contributed by atoms with Gasteiger partial charge in [0.2, 0.25) is 0 Å². The molecular formula is C17H28N2. The monoisotopic (exact) mass is 260 g/mol. The van der Waals surface area contributed by atoms with Gasteiger partial charge in [-0.15, -0.1) is 0 Å². The lowest BCUT2D eigenvalue weighted by Crippen LogP contribution is -2.52. The molecule has 2 heteroatoms. The van der Waals surface area contributed by atoms with Crippen molar-refractivity contribution < 1.29 is 0 Å². The predicted molar refractivity (Wildman–Crippen MR) is 84.0 cm³/mol. The molecule has 1 atom stereocenters. The summed E-state index contributed by atoms with van der Waals surface area (Å²) in [5.41, 5.74) is 4.46. The van der Waals surface area contributed by atoms with Crippen molar-refractivity contribution in [3.05, 3.63) is 29.3 Å². The molecule has 1 unspecified atom stereocenters. The zero-order chi connectivity index (χ0) is 14.0. The molecule has 1 heterocycles. The van der Waals surface area contributed by atoms with Crippen molar-refractivity contribution in [1.29, 1.82) is 0 Å². The Balaban J connectivity index is 2.09. The van der Waals surface area contributed by atoms with Gasteiger partial charge in [0, 0.05) is 25.3 Å². The predicted octanol–water partition coefficient (Wildman–Crippen LogP) is 3.52. The molecule has 1 aromatic carbocycles. The first-order valence-electron chi connectivity index (χ1n) is 7.42. The molecule has 0 radical (unpaired) electrons. The highest BCUT2D eigenvalue weighted by molar-refractivity contribution is 5.54. The first-order valence-corrected chi connectivity index (χ1v) is 7.42. The maximum atomic E-state index is 3.70. The van der Waals surface area contributed by atoms with Crippen LogP contribution in [0.4, 0.5) is 5.69 Å². The van der Waals surface area contributed by atoms with Gasteiger partial charge in [0.15, 0.2) is 0 Å². The number of likely N-dealkylation sites (N-methyl/N-ethyl adjacent to an activating group) is 1. The highest BCUT2D eigenvalue weighted by Gasteiger charge is 2.32. The van der Waals surface area contributed by atoms with Gasteiger partial charge in [-0.05, 0) is 50.3 Å². The average molecular weight is 260 g/mol. The van der Waals surface area contributed by atoms with Gasteiger partial charge in [-0.3, -0.25) is 0 Å². The molecule has 1 saturated heterocycles. The molecule has 0 saturated carbocycles. The molecule has 106 valence electrons. The highest BCUT2D eigenvalue weighted by Crippen LogP contribution is 2.31. The SMILES string of the molecule is Cc1ccc(N(C)CC2NCCCC2(C)C)c(C)c1. The Bertz CT molecular complexity index is 437. The Kier molecular flexibility index (Phi) is 4.19. The standard InChI is InChI=1S/C17H28N2/c1-13-7-8-15(14(2)11-13)19(5)12-16-17(3,4)9-6-10-18-16/h7-8,11,16,18H,6,9-10,12H2,1-5H3. The lowest BCUT2D eigenvalue weighted by Gasteiger charge is -2.42. The average Bonchev–Trinajstić information content (AvgIpc) is 2.31. The fourth-order valence-electron chi connectivity index (χ4n) is 3.19. The Morgan fingerprint density at radius 3 is 2.68 bits per heavy atom. The van der Waals surface area contributed by atoms with Gasteiger partial charge in [0.25, 0.3) is 0 Å². The first kappa shape index (κ1) is 14.4. The van der Waals surface area contributed by atoms with Crippen LogP contribution in [0.3, 0.4) is 0 Å². The lowest BCUT2D eigenvalue weighted by atomic mass is 9.77. The van der Waals surface area contributed by atoms with Gasteiger partial charge < -0.3 is 10.2 Å². The summed E-state index contributed by atoms with van der Waals surface area (Å²) in [7, 11) is 2.21. The number of benzene rings is 1. The van der Waals surface area contributed by atoms with Crippen LogP contribution < -0.4 is 10.2 Å². The maximum absolute atomic E-state index is 3.70. The number of nitrogens with zero attached hydrogens (tertiary/aromatic N) is 1. The molecule has 1 fully saturated rings. The summed E-state index contributed by atoms with van der Waals surface area (Å²) in [6, 6.07) is 7.30. The van der Waals surface area contributed by atoms with Crippen LogP contribution in [0.25, 0.3) is 0 Å². The fraction of sp³-hybridized carbons (Fsp3) is 0.647. The fourth-order valence-corrected chi connectivity index (χ4v) is 3.19. The molecule has 0 aliphatic carbocycles. The van der Waals surface area contributed by atoms with Crippen LogP contribution in [-0.2, 0) is 0 Å². The van der Waals surface area contributed by atoms with Crippen LogP contribution in [0.5, 0.6) is 0 Å². The number of hydrogen-bond donors (Lipinski definition) is 1. The second kappa shape index (κ2) is 5.54. The molecule has 1 N–H and O–H groups in total. The van der Waals surface area contributed by atoms with Crippen molar-refractivity contribution in [2.24, 2.45) is 5.41 Å². The number of nitrogens with one attached hydrogen (secondary N) is 1. The van der Waals surface area contributed by atoms with E-state index in [4.69, 9.17) is 0 Å². The van der Waals surface area contributed by atoms with E-state index in [0.29, 0.717) is 11.5 Å². The van der Waals surface area contributed by atoms with Gasteiger partial charge in [-0.25, -0.2) is 0 Å². The van der Waals surface area contributed by atoms with Crippen LogP contribution >= 0.6 is 0 Å². The Hall–Kier alpha value is -1.02. The zero-order valence-electron chi connectivity index (χ0n) is 13.1. The van der Waals surface area contributed by atoms with E-state index in [1.54, 1.807) is 0 Å². The van der Waals surface area contributed by atoms with E-state index < -0.39 is 0 Å². The van der Waals surface area contributed by atoms with E-state index in [9.17, 15) is 0 Å². The molecule has 0 amide bonds. The summed E-state index contributed by atoms with van der Waals surface area (Å²) in [6.07, 6.45) is 2.63. The van der Waals surface area contributed by atoms with Crippen molar-refractivity contribution in [1.82, 2.24) is 5.32 Å². The third-order valence-electron chi connectivity index (χ3n) is 4.55. The minimum Gasteiger partial charge on any atom is -0.373 e. The minimum absolute atomic E-state index is 0.394. The summed E-state index contributed by atoms with van der Waals surface area (Å²) in [5.74, 6) is 0. The molecule has 0 aromatic heterocycles. The number of piperidine rings is 1. The molecule has 2 nitrogen and oxygen atoms in total. The number of rotatable bonds is 3. The van der Waals surface area contributed by atoms with Crippen LogP contribution in [0.1, 0.15) is 37.8 Å². The Morgan fingerprint density at radius 2 is 2.05 bits per heavy atom. The topological polar surface area (TPSA) is 15.3 Å². The van der Waals surface area contributed by atoms with E-state index >= 15 is 0 Å². The first-order chi connectivity index (χ1) is 8.90. The molecule has 1 aliphatic rings. The van der Waals surface area contributed by atoms with Crippen molar-refractivity contribution in [3.8, 4) is 0 Å². The molecule has 2 rings (SSSR count). The number of anilines is 1. The summed E-state index contributed by atoms with van der Waals surface area (Å²) in [5, 5.41) is 3.70. The quantitative estimate of drug-likeness (QED) is 0.894. The summed E-state index contributed by atoms with van der Waals surface area (Å²) in [6.45, 7) is 11.4. The molecule has 0 spiro atoms. The summed E-state index contributed by atoms with van der Waals surface area (Å²) >= 11 is 0. The second-order valence-corrected chi connectivity index (χ2v) is 6.77. The van der Waals surface area contributed by atoms with Crippen LogP contribution in [0.15, 0.2) is 18.2 Å². The highest BCUT2D eigenvalue weighted by atomic mass is 15.1. The van der Waals surface area contributed by atoms with E-state index in [1.165, 1.54) is 29.7 Å². The van der Waals surface area contributed by atoms with Crippen molar-refractivity contribution in [2.75, 3.05) is 25.0 Å². The Labute approximate surface area is 118 Å². The summed E-state index contributed by atoms with van der Waals surface area (Å²) in [4.78, 5) is 2.40. The minimum atomic E-state index is 0.394. The Morgan fingerprint density at radius 1 is 1.32 bits per heavy atom. The molecule has 1 aliphatic heterocycles. The van der Waals surface area contributed by atoms with E-state index in [-0.39, 0.29) is 0 Å². The molecular weight excluding hydrogens is 232 g/mol. The van der Waals surface area contributed by atoms with E-state index in [0.717, 1.165) is 13.1 Å². The van der Waals surface area contributed by atoms with E-state index in [2.05, 4.69) is 63.2 Å².